The van der Waals surface area contributed by atoms with Gasteiger partial charge in [0.1, 0.15) is 11.9 Å². The first kappa shape index (κ1) is 16.0. The number of methoxy groups -OCH3 is 1. The summed E-state index contributed by atoms with van der Waals surface area (Å²) < 4.78 is 18.4. The molecular formula is C14H14Cl2FNO3. The summed E-state index contributed by atoms with van der Waals surface area (Å²) in [6, 6.07) is 1.25. The lowest BCUT2D eigenvalue weighted by molar-refractivity contribution is -0.150. The lowest BCUT2D eigenvalue weighted by atomic mass is 10.1. The Balaban J connectivity index is 2.38. The molecule has 114 valence electrons. The van der Waals surface area contributed by atoms with E-state index in [1.54, 1.807) is 6.92 Å². The quantitative estimate of drug-likeness (QED) is 0.629. The van der Waals surface area contributed by atoms with Gasteiger partial charge in [0.15, 0.2) is 0 Å². The molecule has 2 rings (SSSR count). The Hall–Kier alpha value is -1.33. The summed E-state index contributed by atoms with van der Waals surface area (Å²) in [5, 5.41) is 0.158. The van der Waals surface area contributed by atoms with Crippen LogP contribution in [0.25, 0.3) is 0 Å². The van der Waals surface area contributed by atoms with Crippen molar-refractivity contribution in [2.75, 3.05) is 7.11 Å². The second-order valence-corrected chi connectivity index (χ2v) is 5.66. The number of ether oxygens (including phenoxy) is 1. The molecule has 0 saturated carbocycles. The average molecular weight is 334 g/mol. The maximum absolute atomic E-state index is 13.6. The largest absolute Gasteiger partial charge is 0.467 e. The van der Waals surface area contributed by atoms with Crippen molar-refractivity contribution in [2.45, 2.75) is 31.8 Å². The number of hydrogen-bond acceptors (Lipinski definition) is 3. The monoisotopic (exact) mass is 333 g/mol. The van der Waals surface area contributed by atoms with Gasteiger partial charge in [0, 0.05) is 11.4 Å². The van der Waals surface area contributed by atoms with Gasteiger partial charge in [-0.3, -0.25) is 4.79 Å². The number of amides is 1. The zero-order chi connectivity index (χ0) is 15.7. The fraction of sp³-hybridized carbons (Fsp3) is 0.429. The molecule has 0 spiro atoms. The lowest BCUT2D eigenvalue weighted by Crippen LogP contribution is -2.41. The second kappa shape index (κ2) is 6.20. The van der Waals surface area contributed by atoms with E-state index in [-0.39, 0.29) is 22.4 Å². The van der Waals surface area contributed by atoms with Gasteiger partial charge in [0.05, 0.1) is 18.2 Å². The number of carbonyl (C=O) groups is 2. The number of carbonyl (C=O) groups excluding carboxylic acids is 2. The van der Waals surface area contributed by atoms with E-state index in [4.69, 9.17) is 27.9 Å². The third-order valence-electron chi connectivity index (χ3n) is 3.64. The molecule has 2 unspecified atom stereocenters. The molecule has 0 aromatic heterocycles. The minimum Gasteiger partial charge on any atom is -0.467 e. The molecule has 1 aliphatic heterocycles. The smallest absolute Gasteiger partial charge is 0.328 e. The van der Waals surface area contributed by atoms with Gasteiger partial charge in [0.25, 0.3) is 0 Å². The number of likely N-dealkylation sites (tertiary alicyclic amines) is 1. The highest BCUT2D eigenvalue weighted by molar-refractivity contribution is 6.35. The van der Waals surface area contributed by atoms with Gasteiger partial charge in [-0.25, -0.2) is 9.18 Å². The zero-order valence-corrected chi connectivity index (χ0v) is 13.0. The molecule has 1 heterocycles. The van der Waals surface area contributed by atoms with Crippen LogP contribution in [0.1, 0.15) is 31.4 Å². The fourth-order valence-corrected chi connectivity index (χ4v) is 3.10. The summed E-state index contributed by atoms with van der Waals surface area (Å²) in [5.74, 6) is -1.30. The number of nitrogens with zero attached hydrogens (tertiary/aromatic N) is 1. The first-order valence-corrected chi connectivity index (χ1v) is 7.15. The van der Waals surface area contributed by atoms with Crippen molar-refractivity contribution in [2.24, 2.45) is 0 Å². The zero-order valence-electron chi connectivity index (χ0n) is 11.5. The van der Waals surface area contributed by atoms with Crippen molar-refractivity contribution < 1.29 is 18.7 Å². The molecule has 2 atom stereocenters. The highest BCUT2D eigenvalue weighted by Crippen LogP contribution is 2.36. The third-order valence-corrected chi connectivity index (χ3v) is 4.25. The van der Waals surface area contributed by atoms with Gasteiger partial charge in [-0.2, -0.15) is 0 Å². The standard InChI is InChI=1S/C14H14Cl2FNO3/c1-7(8-5-11(17)10(16)6-9(8)15)18-12(14(20)21-2)3-4-13(18)19/h5-7,12H,3-4H2,1-2H3. The maximum atomic E-state index is 13.6. The van der Waals surface area contributed by atoms with Crippen LogP contribution < -0.4 is 0 Å². The molecule has 1 aromatic carbocycles. The van der Waals surface area contributed by atoms with Crippen molar-refractivity contribution in [3.8, 4) is 0 Å². The van der Waals surface area contributed by atoms with Gasteiger partial charge in [-0.1, -0.05) is 23.2 Å². The van der Waals surface area contributed by atoms with E-state index in [1.807, 2.05) is 0 Å². The Kier molecular flexibility index (Phi) is 4.74. The van der Waals surface area contributed by atoms with Crippen LogP contribution in [0.15, 0.2) is 12.1 Å². The average Bonchev–Trinajstić information content (AvgIpc) is 2.83. The van der Waals surface area contributed by atoms with E-state index < -0.39 is 23.9 Å². The molecule has 0 aliphatic carbocycles. The van der Waals surface area contributed by atoms with Gasteiger partial charge in [-0.15, -0.1) is 0 Å². The van der Waals surface area contributed by atoms with Gasteiger partial charge in [-0.05, 0) is 31.0 Å². The predicted molar refractivity (Wildman–Crippen MR) is 76.7 cm³/mol. The van der Waals surface area contributed by atoms with Gasteiger partial charge in [0.2, 0.25) is 5.91 Å². The first-order valence-electron chi connectivity index (χ1n) is 6.40. The second-order valence-electron chi connectivity index (χ2n) is 4.84. The van der Waals surface area contributed by atoms with Crippen LogP contribution in [-0.4, -0.2) is 29.9 Å². The number of halogens is 3. The topological polar surface area (TPSA) is 46.6 Å². The summed E-state index contributed by atoms with van der Waals surface area (Å²) in [5.41, 5.74) is 0.405. The molecule has 1 fully saturated rings. The summed E-state index contributed by atoms with van der Waals surface area (Å²) in [4.78, 5) is 25.2. The van der Waals surface area contributed by atoms with Crippen molar-refractivity contribution in [1.29, 1.82) is 0 Å². The Morgan fingerprint density at radius 2 is 2.10 bits per heavy atom. The van der Waals surface area contributed by atoms with E-state index in [2.05, 4.69) is 0 Å². The lowest BCUT2D eigenvalue weighted by Gasteiger charge is -2.30. The van der Waals surface area contributed by atoms with Crippen molar-refractivity contribution in [1.82, 2.24) is 4.90 Å². The van der Waals surface area contributed by atoms with Crippen molar-refractivity contribution >= 4 is 35.1 Å². The predicted octanol–water partition coefficient (Wildman–Crippen LogP) is 3.36. The first-order chi connectivity index (χ1) is 9.86. The van der Waals surface area contributed by atoms with E-state index in [1.165, 1.54) is 24.1 Å². The maximum Gasteiger partial charge on any atom is 0.328 e. The van der Waals surface area contributed by atoms with E-state index >= 15 is 0 Å². The summed E-state index contributed by atoms with van der Waals surface area (Å²) in [7, 11) is 1.27. The van der Waals surface area contributed by atoms with Crippen LogP contribution in [0.2, 0.25) is 10.0 Å². The molecule has 1 amide bonds. The van der Waals surface area contributed by atoms with Gasteiger partial charge < -0.3 is 9.64 Å². The summed E-state index contributed by atoms with van der Waals surface area (Å²) in [6.45, 7) is 1.69. The van der Waals surface area contributed by atoms with Gasteiger partial charge >= 0.3 is 5.97 Å². The minimum absolute atomic E-state index is 0.0896. The number of rotatable bonds is 3. The van der Waals surface area contributed by atoms with Crippen LogP contribution in [-0.2, 0) is 14.3 Å². The Morgan fingerprint density at radius 1 is 1.43 bits per heavy atom. The molecule has 0 radical (unpaired) electrons. The molecule has 1 aromatic rings. The van der Waals surface area contributed by atoms with Crippen LogP contribution in [0.4, 0.5) is 4.39 Å². The van der Waals surface area contributed by atoms with Crippen LogP contribution in [0.3, 0.4) is 0 Å². The molecule has 1 aliphatic rings. The third kappa shape index (κ3) is 2.99. The van der Waals surface area contributed by atoms with Crippen LogP contribution in [0, 0.1) is 5.82 Å². The Morgan fingerprint density at radius 3 is 2.71 bits per heavy atom. The highest BCUT2D eigenvalue weighted by Gasteiger charge is 2.40. The SMILES string of the molecule is COC(=O)C1CCC(=O)N1C(C)c1cc(F)c(Cl)cc1Cl. The summed E-state index contributed by atoms with van der Waals surface area (Å²) >= 11 is 11.7. The van der Waals surface area contributed by atoms with E-state index in [0.717, 1.165) is 0 Å². The molecule has 1 saturated heterocycles. The number of hydrogen-bond donors (Lipinski definition) is 0. The molecular weight excluding hydrogens is 320 g/mol. The van der Waals surface area contributed by atoms with Crippen molar-refractivity contribution in [3.63, 3.8) is 0 Å². The summed E-state index contributed by atoms with van der Waals surface area (Å²) in [6.07, 6.45) is 0.626. The normalized spacial score (nSPS) is 19.8. The van der Waals surface area contributed by atoms with Crippen LogP contribution >= 0.6 is 23.2 Å². The molecule has 0 N–H and O–H groups in total. The number of esters is 1. The van der Waals surface area contributed by atoms with E-state index in [9.17, 15) is 14.0 Å². The molecule has 0 bridgehead atoms. The Bertz CT molecular complexity index is 594. The fourth-order valence-electron chi connectivity index (χ4n) is 2.56. The van der Waals surface area contributed by atoms with Crippen LogP contribution in [0.5, 0.6) is 0 Å². The minimum atomic E-state index is -0.674. The number of benzene rings is 1. The van der Waals surface area contributed by atoms with E-state index in [0.29, 0.717) is 12.0 Å². The molecule has 7 heteroatoms. The Labute approximate surface area is 131 Å². The highest BCUT2D eigenvalue weighted by atomic mass is 35.5. The van der Waals surface area contributed by atoms with Crippen molar-refractivity contribution in [3.05, 3.63) is 33.6 Å². The molecule has 4 nitrogen and oxygen atoms in total. The molecule has 21 heavy (non-hydrogen) atoms.